The van der Waals surface area contributed by atoms with Crippen molar-refractivity contribution in [2.75, 3.05) is 13.1 Å². The number of aliphatic hydroxyl groups is 1. The zero-order valence-corrected chi connectivity index (χ0v) is 11.6. The van der Waals surface area contributed by atoms with Crippen LogP contribution in [0, 0.1) is 5.92 Å². The van der Waals surface area contributed by atoms with Crippen LogP contribution in [0.1, 0.15) is 36.4 Å². The molecule has 0 spiro atoms. The quantitative estimate of drug-likeness (QED) is 0.775. The van der Waals surface area contributed by atoms with Crippen molar-refractivity contribution in [3.8, 4) is 0 Å². The zero-order chi connectivity index (χ0) is 13.9. The number of hydrogen-bond acceptors (Lipinski definition) is 3. The van der Waals surface area contributed by atoms with Gasteiger partial charge in [-0.25, -0.2) is 0 Å². The van der Waals surface area contributed by atoms with Crippen LogP contribution in [0.4, 0.5) is 0 Å². The largest absolute Gasteiger partial charge is 0.393 e. The van der Waals surface area contributed by atoms with Crippen LogP contribution in [0.25, 0.3) is 0 Å². The average Bonchev–Trinajstić information content (AvgIpc) is 2.90. The summed E-state index contributed by atoms with van der Waals surface area (Å²) in [5.74, 6) is 0.478. The smallest absolute Gasteiger partial charge is 0.241 e. The summed E-state index contributed by atoms with van der Waals surface area (Å²) in [6, 6.07) is 7.92. The summed E-state index contributed by atoms with van der Waals surface area (Å²) in [6.45, 7) is 1.52. The van der Waals surface area contributed by atoms with Crippen LogP contribution in [0.3, 0.4) is 0 Å². The lowest BCUT2D eigenvalue weighted by molar-refractivity contribution is -0.123. The molecule has 1 aliphatic heterocycles. The van der Waals surface area contributed by atoms with E-state index in [-0.39, 0.29) is 18.1 Å². The maximum absolute atomic E-state index is 12.4. The Morgan fingerprint density at radius 1 is 1.35 bits per heavy atom. The third-order valence-corrected chi connectivity index (χ3v) is 4.45. The van der Waals surface area contributed by atoms with Gasteiger partial charge in [0.2, 0.25) is 5.91 Å². The highest BCUT2D eigenvalue weighted by atomic mass is 16.3. The number of benzene rings is 1. The fourth-order valence-corrected chi connectivity index (χ4v) is 3.32. The average molecular weight is 274 g/mol. The second-order valence-corrected chi connectivity index (χ2v) is 5.91. The molecule has 2 aliphatic rings. The van der Waals surface area contributed by atoms with Gasteiger partial charge in [0.05, 0.1) is 6.10 Å². The first-order valence-corrected chi connectivity index (χ1v) is 7.51. The van der Waals surface area contributed by atoms with Gasteiger partial charge < -0.3 is 15.7 Å². The lowest BCUT2D eigenvalue weighted by atomic mass is 9.94. The third-order valence-electron chi connectivity index (χ3n) is 4.45. The van der Waals surface area contributed by atoms with Crippen LogP contribution in [-0.2, 0) is 11.2 Å². The first kappa shape index (κ1) is 13.6. The van der Waals surface area contributed by atoms with Crippen LogP contribution in [0.5, 0.6) is 0 Å². The number of nitrogens with one attached hydrogen (secondary N) is 2. The minimum Gasteiger partial charge on any atom is -0.393 e. The fourth-order valence-electron chi connectivity index (χ4n) is 3.32. The Kier molecular flexibility index (Phi) is 4.03. The number of aliphatic hydroxyl groups excluding tert-OH is 1. The van der Waals surface area contributed by atoms with E-state index in [9.17, 15) is 9.90 Å². The van der Waals surface area contributed by atoms with E-state index < -0.39 is 0 Å². The van der Waals surface area contributed by atoms with Crippen molar-refractivity contribution in [3.63, 3.8) is 0 Å². The standard InChI is InChI=1S/C16H22N2O2/c19-13-6-5-11(9-13)10-18-16(20)15-14-4-2-1-3-12(14)7-8-17-15/h1-4,11,13,15,17,19H,5-10H2,(H,18,20). The molecule has 3 unspecified atom stereocenters. The lowest BCUT2D eigenvalue weighted by Gasteiger charge is -2.26. The van der Waals surface area contributed by atoms with Crippen molar-refractivity contribution in [3.05, 3.63) is 35.4 Å². The molecule has 0 bridgehead atoms. The second kappa shape index (κ2) is 5.94. The van der Waals surface area contributed by atoms with Gasteiger partial charge in [0.1, 0.15) is 6.04 Å². The Bertz CT molecular complexity index is 489. The van der Waals surface area contributed by atoms with Crippen molar-refractivity contribution in [1.82, 2.24) is 10.6 Å². The van der Waals surface area contributed by atoms with Gasteiger partial charge in [0.15, 0.2) is 0 Å². The number of fused-ring (bicyclic) bond motifs is 1. The molecule has 1 aromatic rings. The first-order valence-electron chi connectivity index (χ1n) is 7.51. The number of rotatable bonds is 3. The van der Waals surface area contributed by atoms with Crippen molar-refractivity contribution >= 4 is 5.91 Å². The van der Waals surface area contributed by atoms with Gasteiger partial charge in [-0.3, -0.25) is 4.79 Å². The van der Waals surface area contributed by atoms with Crippen LogP contribution in [-0.4, -0.2) is 30.2 Å². The summed E-state index contributed by atoms with van der Waals surface area (Å²) in [4.78, 5) is 12.4. The molecule has 3 atom stereocenters. The number of carbonyl (C=O) groups is 1. The van der Waals surface area contributed by atoms with E-state index in [1.807, 2.05) is 18.2 Å². The number of carbonyl (C=O) groups excluding carboxylic acids is 1. The minimum atomic E-state index is -0.230. The molecular weight excluding hydrogens is 252 g/mol. The molecule has 0 radical (unpaired) electrons. The summed E-state index contributed by atoms with van der Waals surface area (Å²) >= 11 is 0. The summed E-state index contributed by atoms with van der Waals surface area (Å²) in [7, 11) is 0. The van der Waals surface area contributed by atoms with Crippen LogP contribution < -0.4 is 10.6 Å². The Morgan fingerprint density at radius 3 is 3.00 bits per heavy atom. The lowest BCUT2D eigenvalue weighted by Crippen LogP contribution is -2.42. The maximum Gasteiger partial charge on any atom is 0.241 e. The van der Waals surface area contributed by atoms with Gasteiger partial charge >= 0.3 is 0 Å². The van der Waals surface area contributed by atoms with Crippen LogP contribution in [0.15, 0.2) is 24.3 Å². The first-order chi connectivity index (χ1) is 9.74. The molecular formula is C16H22N2O2. The van der Waals surface area contributed by atoms with Gasteiger partial charge in [-0.05, 0) is 42.7 Å². The molecule has 1 fully saturated rings. The molecule has 3 rings (SSSR count). The van der Waals surface area contributed by atoms with Crippen molar-refractivity contribution in [1.29, 1.82) is 0 Å². The van der Waals surface area contributed by atoms with Crippen LogP contribution >= 0.6 is 0 Å². The Labute approximate surface area is 119 Å². The number of amides is 1. The van der Waals surface area contributed by atoms with Gasteiger partial charge in [-0.2, -0.15) is 0 Å². The second-order valence-electron chi connectivity index (χ2n) is 5.91. The summed E-state index contributed by atoms with van der Waals surface area (Å²) < 4.78 is 0. The molecule has 0 saturated heterocycles. The zero-order valence-electron chi connectivity index (χ0n) is 11.6. The van der Waals surface area contributed by atoms with Gasteiger partial charge in [0.25, 0.3) is 0 Å². The van der Waals surface area contributed by atoms with E-state index in [1.165, 1.54) is 5.56 Å². The highest BCUT2D eigenvalue weighted by molar-refractivity contribution is 5.83. The van der Waals surface area contributed by atoms with E-state index in [1.54, 1.807) is 0 Å². The maximum atomic E-state index is 12.4. The summed E-state index contributed by atoms with van der Waals surface area (Å²) in [5, 5.41) is 15.9. The molecule has 108 valence electrons. The van der Waals surface area contributed by atoms with E-state index in [2.05, 4.69) is 16.7 Å². The van der Waals surface area contributed by atoms with E-state index in [0.29, 0.717) is 12.5 Å². The predicted octanol–water partition coefficient (Wildman–Crippen LogP) is 1.15. The SMILES string of the molecule is O=C(NCC1CCC(O)C1)C1NCCc2ccccc21. The van der Waals surface area contributed by atoms with E-state index in [0.717, 1.165) is 37.8 Å². The minimum absolute atomic E-state index is 0.0542. The van der Waals surface area contributed by atoms with E-state index >= 15 is 0 Å². The number of hydrogen-bond donors (Lipinski definition) is 3. The monoisotopic (exact) mass is 274 g/mol. The molecule has 1 amide bonds. The normalized spacial score (nSPS) is 28.9. The Hall–Kier alpha value is -1.39. The molecule has 4 nitrogen and oxygen atoms in total. The molecule has 20 heavy (non-hydrogen) atoms. The molecule has 0 aromatic heterocycles. The Morgan fingerprint density at radius 2 is 2.20 bits per heavy atom. The topological polar surface area (TPSA) is 61.4 Å². The van der Waals surface area contributed by atoms with Crippen molar-refractivity contribution in [2.45, 2.75) is 37.8 Å². The fraction of sp³-hybridized carbons (Fsp3) is 0.562. The van der Waals surface area contributed by atoms with Crippen LogP contribution in [0.2, 0.25) is 0 Å². The van der Waals surface area contributed by atoms with E-state index in [4.69, 9.17) is 0 Å². The van der Waals surface area contributed by atoms with Crippen molar-refractivity contribution in [2.24, 2.45) is 5.92 Å². The molecule has 1 aromatic carbocycles. The summed E-state index contributed by atoms with van der Waals surface area (Å²) in [5.41, 5.74) is 2.37. The molecule has 1 heterocycles. The van der Waals surface area contributed by atoms with Crippen molar-refractivity contribution < 1.29 is 9.90 Å². The highest BCUT2D eigenvalue weighted by Crippen LogP contribution is 2.26. The molecule has 1 aliphatic carbocycles. The molecule has 3 N–H and O–H groups in total. The van der Waals surface area contributed by atoms with Gasteiger partial charge in [-0.15, -0.1) is 0 Å². The molecule has 1 saturated carbocycles. The predicted molar refractivity (Wildman–Crippen MR) is 77.2 cm³/mol. The third kappa shape index (κ3) is 2.86. The summed E-state index contributed by atoms with van der Waals surface area (Å²) in [6.07, 6.45) is 3.50. The molecule has 4 heteroatoms. The van der Waals surface area contributed by atoms with Gasteiger partial charge in [0, 0.05) is 13.1 Å². The highest BCUT2D eigenvalue weighted by Gasteiger charge is 2.27. The van der Waals surface area contributed by atoms with Gasteiger partial charge in [-0.1, -0.05) is 24.3 Å². The Balaban J connectivity index is 1.60.